The van der Waals surface area contributed by atoms with Crippen LogP contribution in [0.1, 0.15) is 20.8 Å². The molecule has 0 aliphatic rings. The first-order valence-corrected chi connectivity index (χ1v) is 4.05. The fourth-order valence-electron chi connectivity index (χ4n) is 0.678. The molecule has 68 valence electrons. The Morgan fingerprint density at radius 1 is 1.50 bits per heavy atom. The standard InChI is InChI=1S/C9H16N2O/c1-5-8(4)10-6-9(12)11-7(2)3/h1,7-8,10H,6H2,2-4H3,(H,11,12). The minimum absolute atomic E-state index is 0.0212. The van der Waals surface area contributed by atoms with Crippen LogP contribution in [0.2, 0.25) is 0 Å². The van der Waals surface area contributed by atoms with Crippen molar-refractivity contribution in [1.82, 2.24) is 10.6 Å². The van der Waals surface area contributed by atoms with Crippen LogP contribution in [0, 0.1) is 12.3 Å². The average Bonchev–Trinajstić information content (AvgIpc) is 1.99. The SMILES string of the molecule is C#CC(C)NCC(=O)NC(C)C. The highest BCUT2D eigenvalue weighted by Gasteiger charge is 2.03. The van der Waals surface area contributed by atoms with E-state index in [1.165, 1.54) is 0 Å². The molecule has 0 aromatic carbocycles. The monoisotopic (exact) mass is 168 g/mol. The van der Waals surface area contributed by atoms with Crippen LogP contribution in [0.25, 0.3) is 0 Å². The van der Waals surface area contributed by atoms with Gasteiger partial charge < -0.3 is 5.32 Å². The Morgan fingerprint density at radius 2 is 2.08 bits per heavy atom. The highest BCUT2D eigenvalue weighted by molar-refractivity contribution is 5.78. The lowest BCUT2D eigenvalue weighted by molar-refractivity contribution is -0.120. The van der Waals surface area contributed by atoms with Crippen molar-refractivity contribution in [3.8, 4) is 12.3 Å². The minimum atomic E-state index is -0.0529. The molecule has 0 spiro atoms. The molecule has 0 aromatic rings. The van der Waals surface area contributed by atoms with Gasteiger partial charge in [-0.2, -0.15) is 0 Å². The summed E-state index contributed by atoms with van der Waals surface area (Å²) in [5, 5.41) is 5.64. The van der Waals surface area contributed by atoms with Crippen molar-refractivity contribution in [1.29, 1.82) is 0 Å². The van der Waals surface area contributed by atoms with Crippen molar-refractivity contribution in [2.24, 2.45) is 0 Å². The topological polar surface area (TPSA) is 41.1 Å². The second-order valence-electron chi connectivity index (χ2n) is 2.99. The molecular weight excluding hydrogens is 152 g/mol. The normalized spacial score (nSPS) is 12.2. The predicted octanol–water partition coefficient (Wildman–Crippen LogP) is 0.122. The van der Waals surface area contributed by atoms with Crippen LogP contribution >= 0.6 is 0 Å². The van der Waals surface area contributed by atoms with E-state index in [1.54, 1.807) is 0 Å². The van der Waals surface area contributed by atoms with E-state index < -0.39 is 0 Å². The number of terminal acetylenes is 1. The van der Waals surface area contributed by atoms with Gasteiger partial charge in [0, 0.05) is 6.04 Å². The number of carbonyl (C=O) groups is 1. The first kappa shape index (κ1) is 11.0. The second-order valence-corrected chi connectivity index (χ2v) is 2.99. The molecular formula is C9H16N2O. The van der Waals surface area contributed by atoms with Gasteiger partial charge in [-0.3, -0.25) is 10.1 Å². The van der Waals surface area contributed by atoms with Crippen LogP contribution < -0.4 is 10.6 Å². The largest absolute Gasteiger partial charge is 0.353 e. The third-order valence-electron chi connectivity index (χ3n) is 1.27. The summed E-state index contributed by atoms with van der Waals surface area (Å²) in [6.07, 6.45) is 5.12. The molecule has 12 heavy (non-hydrogen) atoms. The predicted molar refractivity (Wildman–Crippen MR) is 49.6 cm³/mol. The lowest BCUT2D eigenvalue weighted by atomic mass is 10.3. The van der Waals surface area contributed by atoms with Crippen LogP contribution in [0.3, 0.4) is 0 Å². The zero-order valence-electron chi connectivity index (χ0n) is 7.85. The van der Waals surface area contributed by atoms with Crippen LogP contribution in [0.15, 0.2) is 0 Å². The molecule has 1 amide bonds. The van der Waals surface area contributed by atoms with E-state index in [4.69, 9.17) is 6.42 Å². The van der Waals surface area contributed by atoms with Crippen LogP contribution in [0.4, 0.5) is 0 Å². The summed E-state index contributed by atoms with van der Waals surface area (Å²) in [5.74, 6) is 2.46. The number of hydrogen-bond acceptors (Lipinski definition) is 2. The van der Waals surface area contributed by atoms with Crippen LogP contribution in [0.5, 0.6) is 0 Å². The summed E-state index contributed by atoms with van der Waals surface area (Å²) in [7, 11) is 0. The molecule has 3 heteroatoms. The molecule has 0 bridgehead atoms. The Labute approximate surface area is 73.9 Å². The molecule has 0 aliphatic carbocycles. The van der Waals surface area contributed by atoms with Crippen molar-refractivity contribution >= 4 is 5.91 Å². The van der Waals surface area contributed by atoms with Crippen LogP contribution in [-0.2, 0) is 4.79 Å². The van der Waals surface area contributed by atoms with Gasteiger partial charge in [-0.05, 0) is 20.8 Å². The smallest absolute Gasteiger partial charge is 0.234 e. The first-order chi connectivity index (χ1) is 5.56. The zero-order chi connectivity index (χ0) is 9.56. The fraction of sp³-hybridized carbons (Fsp3) is 0.667. The Morgan fingerprint density at radius 3 is 2.50 bits per heavy atom. The molecule has 3 nitrogen and oxygen atoms in total. The maximum Gasteiger partial charge on any atom is 0.234 e. The minimum Gasteiger partial charge on any atom is -0.353 e. The summed E-state index contributed by atoms with van der Waals surface area (Å²) < 4.78 is 0. The first-order valence-electron chi connectivity index (χ1n) is 4.05. The summed E-state index contributed by atoms with van der Waals surface area (Å²) in [5.41, 5.74) is 0. The second kappa shape index (κ2) is 5.62. The number of rotatable bonds is 4. The lowest BCUT2D eigenvalue weighted by Gasteiger charge is -2.10. The average molecular weight is 168 g/mol. The van der Waals surface area contributed by atoms with Crippen molar-refractivity contribution in [2.45, 2.75) is 32.9 Å². The van der Waals surface area contributed by atoms with Gasteiger partial charge in [0.1, 0.15) is 0 Å². The van der Waals surface area contributed by atoms with Gasteiger partial charge in [-0.25, -0.2) is 0 Å². The number of carbonyl (C=O) groups excluding carboxylic acids is 1. The van der Waals surface area contributed by atoms with E-state index in [1.807, 2.05) is 20.8 Å². The van der Waals surface area contributed by atoms with Crippen molar-refractivity contribution in [3.63, 3.8) is 0 Å². The number of amides is 1. The Hall–Kier alpha value is -1.01. The maximum atomic E-state index is 11.0. The summed E-state index contributed by atoms with van der Waals surface area (Å²) >= 11 is 0. The molecule has 1 atom stereocenters. The Balaban J connectivity index is 3.52. The highest BCUT2D eigenvalue weighted by Crippen LogP contribution is 1.78. The van der Waals surface area contributed by atoms with Crippen LogP contribution in [-0.4, -0.2) is 24.5 Å². The molecule has 0 heterocycles. The molecule has 0 saturated carbocycles. The molecule has 0 radical (unpaired) electrons. The van der Waals surface area contributed by atoms with Crippen molar-refractivity contribution in [2.75, 3.05) is 6.54 Å². The van der Waals surface area contributed by atoms with Gasteiger partial charge in [-0.1, -0.05) is 5.92 Å². The third-order valence-corrected chi connectivity index (χ3v) is 1.27. The molecule has 2 N–H and O–H groups in total. The van der Waals surface area contributed by atoms with E-state index in [-0.39, 0.29) is 24.5 Å². The molecule has 0 fully saturated rings. The third kappa shape index (κ3) is 5.75. The summed E-state index contributed by atoms with van der Waals surface area (Å²) in [4.78, 5) is 11.0. The zero-order valence-corrected chi connectivity index (χ0v) is 7.85. The Kier molecular flexibility index (Phi) is 5.14. The van der Waals surface area contributed by atoms with E-state index in [0.717, 1.165) is 0 Å². The van der Waals surface area contributed by atoms with E-state index >= 15 is 0 Å². The van der Waals surface area contributed by atoms with Crippen molar-refractivity contribution < 1.29 is 4.79 Å². The molecule has 0 aliphatic heterocycles. The molecule has 0 saturated heterocycles. The van der Waals surface area contributed by atoms with E-state index in [0.29, 0.717) is 0 Å². The van der Waals surface area contributed by atoms with Gasteiger partial charge in [0.2, 0.25) is 5.91 Å². The van der Waals surface area contributed by atoms with Gasteiger partial charge >= 0.3 is 0 Å². The molecule has 0 rings (SSSR count). The summed E-state index contributed by atoms with van der Waals surface area (Å²) in [6, 6.07) is 0.128. The summed E-state index contributed by atoms with van der Waals surface area (Å²) in [6.45, 7) is 5.96. The van der Waals surface area contributed by atoms with Crippen molar-refractivity contribution in [3.05, 3.63) is 0 Å². The van der Waals surface area contributed by atoms with E-state index in [2.05, 4.69) is 16.6 Å². The lowest BCUT2D eigenvalue weighted by Crippen LogP contribution is -2.40. The molecule has 0 aromatic heterocycles. The van der Waals surface area contributed by atoms with E-state index in [9.17, 15) is 4.79 Å². The fourth-order valence-corrected chi connectivity index (χ4v) is 0.678. The highest BCUT2D eigenvalue weighted by atomic mass is 16.1. The number of hydrogen-bond donors (Lipinski definition) is 2. The number of nitrogens with one attached hydrogen (secondary N) is 2. The van der Waals surface area contributed by atoms with Gasteiger partial charge in [-0.15, -0.1) is 6.42 Å². The van der Waals surface area contributed by atoms with Gasteiger partial charge in [0.15, 0.2) is 0 Å². The Bertz CT molecular complexity index is 181. The van der Waals surface area contributed by atoms with Gasteiger partial charge in [0.05, 0.1) is 12.6 Å². The van der Waals surface area contributed by atoms with Gasteiger partial charge in [0.25, 0.3) is 0 Å². The molecule has 1 unspecified atom stereocenters. The quantitative estimate of drug-likeness (QED) is 0.585. The maximum absolute atomic E-state index is 11.0.